The smallest absolute Gasteiger partial charge is 0.324 e. The molecule has 2 rings (SSSR count). The molecule has 1 aromatic rings. The number of nitro groups is 1. The number of thioether (sulfide) groups is 1. The maximum absolute atomic E-state index is 11.9. The summed E-state index contributed by atoms with van der Waals surface area (Å²) < 4.78 is 5.05. The van der Waals surface area contributed by atoms with Crippen LogP contribution in [0.4, 0.5) is 5.69 Å². The van der Waals surface area contributed by atoms with Crippen molar-refractivity contribution in [1.29, 1.82) is 0 Å². The van der Waals surface area contributed by atoms with Gasteiger partial charge in [-0.3, -0.25) is 14.9 Å². The van der Waals surface area contributed by atoms with E-state index in [0.29, 0.717) is 23.3 Å². The summed E-state index contributed by atoms with van der Waals surface area (Å²) in [5.41, 5.74) is 0.0662. The standard InChI is InChI=1S/C14H18N2O4S/c1-2-20-14(17)11(15-10-7-8-10)9-21-13-6-4-3-5-12(13)16(18)19/h3-6,10-11,15H,2,7-9H2,1H3. The van der Waals surface area contributed by atoms with Crippen LogP contribution in [0.1, 0.15) is 19.8 Å². The van der Waals surface area contributed by atoms with Crippen molar-refractivity contribution < 1.29 is 14.5 Å². The highest BCUT2D eigenvalue weighted by Gasteiger charge is 2.29. The van der Waals surface area contributed by atoms with Crippen LogP contribution in [0.2, 0.25) is 0 Å². The summed E-state index contributed by atoms with van der Waals surface area (Å²) in [5, 5.41) is 14.2. The zero-order chi connectivity index (χ0) is 15.2. The van der Waals surface area contributed by atoms with Crippen LogP contribution in [0.25, 0.3) is 0 Å². The van der Waals surface area contributed by atoms with E-state index in [0.717, 1.165) is 12.8 Å². The highest BCUT2D eigenvalue weighted by molar-refractivity contribution is 7.99. The third-order valence-corrected chi connectivity index (χ3v) is 4.21. The van der Waals surface area contributed by atoms with E-state index in [1.54, 1.807) is 25.1 Å². The number of hydrogen-bond acceptors (Lipinski definition) is 6. The SMILES string of the molecule is CCOC(=O)C(CSc1ccccc1[N+](=O)[O-])NC1CC1. The van der Waals surface area contributed by atoms with Gasteiger partial charge < -0.3 is 10.1 Å². The van der Waals surface area contributed by atoms with Gasteiger partial charge in [-0.15, -0.1) is 11.8 Å². The number of carbonyl (C=O) groups is 1. The largest absolute Gasteiger partial charge is 0.465 e. The van der Waals surface area contributed by atoms with E-state index in [1.165, 1.54) is 17.8 Å². The van der Waals surface area contributed by atoms with Gasteiger partial charge in [0, 0.05) is 17.9 Å². The Balaban J connectivity index is 2.00. The van der Waals surface area contributed by atoms with Gasteiger partial charge in [0.25, 0.3) is 5.69 Å². The lowest BCUT2D eigenvalue weighted by molar-refractivity contribution is -0.387. The molecule has 7 heteroatoms. The number of benzene rings is 1. The first kappa shape index (κ1) is 15.8. The van der Waals surface area contributed by atoms with Gasteiger partial charge in [-0.1, -0.05) is 12.1 Å². The number of hydrogen-bond donors (Lipinski definition) is 1. The van der Waals surface area contributed by atoms with Crippen molar-refractivity contribution in [3.05, 3.63) is 34.4 Å². The number of para-hydroxylation sites is 1. The van der Waals surface area contributed by atoms with E-state index in [1.807, 2.05) is 0 Å². The molecule has 1 N–H and O–H groups in total. The van der Waals surface area contributed by atoms with Gasteiger partial charge in [0.2, 0.25) is 0 Å². The van der Waals surface area contributed by atoms with E-state index in [-0.39, 0.29) is 11.7 Å². The van der Waals surface area contributed by atoms with E-state index in [9.17, 15) is 14.9 Å². The predicted molar refractivity (Wildman–Crippen MR) is 80.4 cm³/mol. The predicted octanol–water partition coefficient (Wildman–Crippen LogP) is 2.37. The molecule has 0 aliphatic heterocycles. The molecule has 1 unspecified atom stereocenters. The Morgan fingerprint density at radius 2 is 2.24 bits per heavy atom. The van der Waals surface area contributed by atoms with Crippen molar-refractivity contribution in [3.8, 4) is 0 Å². The second-order valence-electron chi connectivity index (χ2n) is 4.78. The topological polar surface area (TPSA) is 81.5 Å². The summed E-state index contributed by atoms with van der Waals surface area (Å²) in [6.45, 7) is 2.10. The number of ether oxygens (including phenoxy) is 1. The fraction of sp³-hybridized carbons (Fsp3) is 0.500. The number of esters is 1. The van der Waals surface area contributed by atoms with Gasteiger partial charge >= 0.3 is 5.97 Å². The summed E-state index contributed by atoms with van der Waals surface area (Å²) in [6.07, 6.45) is 2.12. The van der Waals surface area contributed by atoms with E-state index < -0.39 is 11.0 Å². The van der Waals surface area contributed by atoms with Crippen LogP contribution in [0.3, 0.4) is 0 Å². The highest BCUT2D eigenvalue weighted by Crippen LogP contribution is 2.30. The maximum Gasteiger partial charge on any atom is 0.324 e. The molecule has 1 aliphatic carbocycles. The van der Waals surface area contributed by atoms with Gasteiger partial charge in [0.15, 0.2) is 0 Å². The van der Waals surface area contributed by atoms with Crippen molar-refractivity contribution in [3.63, 3.8) is 0 Å². The summed E-state index contributed by atoms with van der Waals surface area (Å²) in [5.74, 6) is 0.121. The van der Waals surface area contributed by atoms with E-state index in [2.05, 4.69) is 5.32 Å². The molecule has 1 aliphatic rings. The van der Waals surface area contributed by atoms with Gasteiger partial charge in [0.05, 0.1) is 16.4 Å². The molecule has 0 aromatic heterocycles. The zero-order valence-electron chi connectivity index (χ0n) is 11.8. The molecule has 0 amide bonds. The molecule has 1 fully saturated rings. The van der Waals surface area contributed by atoms with Crippen LogP contribution in [-0.4, -0.2) is 35.3 Å². The molecule has 0 spiro atoms. The minimum absolute atomic E-state index is 0.0662. The molecule has 0 bridgehead atoms. The Morgan fingerprint density at radius 1 is 1.52 bits per heavy atom. The lowest BCUT2D eigenvalue weighted by Crippen LogP contribution is -2.41. The summed E-state index contributed by atoms with van der Waals surface area (Å²) in [7, 11) is 0. The second kappa shape index (κ2) is 7.42. The van der Waals surface area contributed by atoms with Crippen LogP contribution in [-0.2, 0) is 9.53 Å². The molecule has 0 radical (unpaired) electrons. The number of nitrogens with zero attached hydrogens (tertiary/aromatic N) is 1. The lowest BCUT2D eigenvalue weighted by atomic mass is 10.3. The lowest BCUT2D eigenvalue weighted by Gasteiger charge is -2.16. The number of rotatable bonds is 8. The quantitative estimate of drug-likeness (QED) is 0.343. The fourth-order valence-corrected chi connectivity index (χ4v) is 2.91. The van der Waals surface area contributed by atoms with Gasteiger partial charge in [-0.25, -0.2) is 0 Å². The minimum atomic E-state index is -0.428. The summed E-state index contributed by atoms with van der Waals surface area (Å²) in [4.78, 5) is 23.0. The van der Waals surface area contributed by atoms with Crippen LogP contribution in [0, 0.1) is 10.1 Å². The molecular weight excluding hydrogens is 292 g/mol. The van der Waals surface area contributed by atoms with Crippen LogP contribution >= 0.6 is 11.8 Å². The van der Waals surface area contributed by atoms with E-state index >= 15 is 0 Å². The molecule has 0 heterocycles. The molecular formula is C14H18N2O4S. The third kappa shape index (κ3) is 4.71. The molecule has 1 aromatic carbocycles. The zero-order valence-corrected chi connectivity index (χ0v) is 12.6. The second-order valence-corrected chi connectivity index (χ2v) is 5.84. The Morgan fingerprint density at radius 3 is 2.86 bits per heavy atom. The Bertz CT molecular complexity index is 519. The van der Waals surface area contributed by atoms with Gasteiger partial charge in [0.1, 0.15) is 6.04 Å². The van der Waals surface area contributed by atoms with Crippen molar-refractivity contribution in [2.75, 3.05) is 12.4 Å². The first-order chi connectivity index (χ1) is 10.1. The number of nitrogens with one attached hydrogen (secondary N) is 1. The maximum atomic E-state index is 11.9. The average Bonchev–Trinajstić information content (AvgIpc) is 3.27. The van der Waals surface area contributed by atoms with Crippen LogP contribution in [0.15, 0.2) is 29.2 Å². The molecule has 1 saturated carbocycles. The van der Waals surface area contributed by atoms with Crippen LogP contribution in [0.5, 0.6) is 0 Å². The van der Waals surface area contributed by atoms with Gasteiger partial charge in [-0.2, -0.15) is 0 Å². The van der Waals surface area contributed by atoms with Gasteiger partial charge in [-0.05, 0) is 25.8 Å². The Kier molecular flexibility index (Phi) is 5.58. The number of carbonyl (C=O) groups excluding carboxylic acids is 1. The average molecular weight is 310 g/mol. The normalized spacial score (nSPS) is 15.5. The molecule has 6 nitrogen and oxygen atoms in total. The highest BCUT2D eigenvalue weighted by atomic mass is 32.2. The molecule has 1 atom stereocenters. The Labute approximate surface area is 127 Å². The summed E-state index contributed by atoms with van der Waals surface area (Å²) in [6, 6.07) is 6.49. The Hall–Kier alpha value is -1.60. The molecule has 21 heavy (non-hydrogen) atoms. The first-order valence-electron chi connectivity index (χ1n) is 6.90. The van der Waals surface area contributed by atoms with Crippen molar-refractivity contribution in [2.45, 2.75) is 36.7 Å². The summed E-state index contributed by atoms with van der Waals surface area (Å²) >= 11 is 1.30. The monoisotopic (exact) mass is 310 g/mol. The van der Waals surface area contributed by atoms with Crippen molar-refractivity contribution in [1.82, 2.24) is 5.32 Å². The number of nitro benzene ring substituents is 1. The minimum Gasteiger partial charge on any atom is -0.465 e. The van der Waals surface area contributed by atoms with Crippen molar-refractivity contribution >= 4 is 23.4 Å². The van der Waals surface area contributed by atoms with Crippen LogP contribution < -0.4 is 5.32 Å². The third-order valence-electron chi connectivity index (χ3n) is 3.05. The molecule has 0 saturated heterocycles. The molecule has 114 valence electrons. The van der Waals surface area contributed by atoms with E-state index in [4.69, 9.17) is 4.74 Å². The van der Waals surface area contributed by atoms with Crippen molar-refractivity contribution in [2.24, 2.45) is 0 Å². The first-order valence-corrected chi connectivity index (χ1v) is 7.89. The fourth-order valence-electron chi connectivity index (χ4n) is 1.86.